The summed E-state index contributed by atoms with van der Waals surface area (Å²) < 4.78 is 0. The smallest absolute Gasteiger partial charge is 0.365 e. The van der Waals surface area contributed by atoms with E-state index in [2.05, 4.69) is 11.9 Å². The lowest BCUT2D eigenvalue weighted by molar-refractivity contribution is 0.0696. The van der Waals surface area contributed by atoms with Crippen molar-refractivity contribution < 1.29 is 9.90 Å². The number of carbonyl (C=O) groups is 1. The summed E-state index contributed by atoms with van der Waals surface area (Å²) in [6, 6.07) is 0. The highest BCUT2D eigenvalue weighted by Gasteiger charge is 2.07. The van der Waals surface area contributed by atoms with Gasteiger partial charge in [0, 0.05) is 11.1 Å². The Labute approximate surface area is 75.1 Å². The molecule has 0 unspecified atom stereocenters. The summed E-state index contributed by atoms with van der Waals surface area (Å²) in [5, 5.41) is 8.77. The summed E-state index contributed by atoms with van der Waals surface area (Å²) in [6.07, 6.45) is 4.83. The summed E-state index contributed by atoms with van der Waals surface area (Å²) in [5.41, 5.74) is 0. The Morgan fingerprint density at radius 2 is 2.50 bits per heavy atom. The zero-order valence-electron chi connectivity index (χ0n) is 6.91. The van der Waals surface area contributed by atoms with E-state index in [1.165, 1.54) is 11.3 Å². The van der Waals surface area contributed by atoms with Crippen molar-refractivity contribution in [1.82, 2.24) is 4.98 Å². The molecule has 0 bridgehead atoms. The van der Waals surface area contributed by atoms with Crippen molar-refractivity contribution in [2.24, 2.45) is 0 Å². The molecule has 0 radical (unpaired) electrons. The van der Waals surface area contributed by atoms with E-state index in [4.69, 9.17) is 5.11 Å². The lowest BCUT2D eigenvalue weighted by Crippen LogP contribution is -1.92. The number of aromatic carboxylic acids is 1. The van der Waals surface area contributed by atoms with Crippen molar-refractivity contribution in [2.75, 3.05) is 0 Å². The minimum absolute atomic E-state index is 0.195. The molecular formula is C8H11NO2S. The van der Waals surface area contributed by atoms with Crippen LogP contribution in [0, 0.1) is 0 Å². The van der Waals surface area contributed by atoms with E-state index in [-0.39, 0.29) is 5.01 Å². The van der Waals surface area contributed by atoms with Gasteiger partial charge in [-0.1, -0.05) is 13.3 Å². The van der Waals surface area contributed by atoms with Crippen molar-refractivity contribution in [3.63, 3.8) is 0 Å². The lowest BCUT2D eigenvalue weighted by atomic mass is 10.2. The topological polar surface area (TPSA) is 50.2 Å². The molecule has 0 spiro atoms. The molecule has 1 aromatic rings. The van der Waals surface area contributed by atoms with Crippen molar-refractivity contribution in [2.45, 2.75) is 26.2 Å². The highest BCUT2D eigenvalue weighted by atomic mass is 32.1. The van der Waals surface area contributed by atoms with E-state index in [9.17, 15) is 4.79 Å². The normalized spacial score (nSPS) is 10.1. The van der Waals surface area contributed by atoms with Crippen LogP contribution in [0.3, 0.4) is 0 Å². The van der Waals surface area contributed by atoms with Crippen LogP contribution in [0.15, 0.2) is 6.20 Å². The predicted octanol–water partition coefficient (Wildman–Crippen LogP) is 2.18. The third-order valence-electron chi connectivity index (χ3n) is 1.51. The van der Waals surface area contributed by atoms with Gasteiger partial charge in [0.1, 0.15) is 0 Å². The van der Waals surface area contributed by atoms with E-state index in [1.54, 1.807) is 6.20 Å². The molecule has 1 rings (SSSR count). The fraction of sp³-hybridized carbons (Fsp3) is 0.500. The molecule has 66 valence electrons. The molecular weight excluding hydrogens is 174 g/mol. The number of hydrogen-bond acceptors (Lipinski definition) is 3. The SMILES string of the molecule is CCCCc1cnc(C(=O)O)s1. The van der Waals surface area contributed by atoms with Crippen LogP contribution in [0.5, 0.6) is 0 Å². The van der Waals surface area contributed by atoms with Crippen LogP contribution in [-0.2, 0) is 6.42 Å². The molecule has 0 atom stereocenters. The van der Waals surface area contributed by atoms with Crippen LogP contribution in [0.25, 0.3) is 0 Å². The van der Waals surface area contributed by atoms with E-state index in [1.807, 2.05) is 0 Å². The van der Waals surface area contributed by atoms with E-state index < -0.39 is 5.97 Å². The number of aryl methyl sites for hydroxylation is 1. The number of nitrogens with zero attached hydrogens (tertiary/aromatic N) is 1. The minimum atomic E-state index is -0.928. The van der Waals surface area contributed by atoms with Crippen molar-refractivity contribution in [1.29, 1.82) is 0 Å². The number of rotatable bonds is 4. The molecule has 0 aliphatic heterocycles. The number of carboxylic acid groups (broad SMARTS) is 1. The third kappa shape index (κ3) is 2.30. The van der Waals surface area contributed by atoms with Crippen LogP contribution >= 0.6 is 11.3 Å². The van der Waals surface area contributed by atoms with Gasteiger partial charge in [-0.15, -0.1) is 11.3 Å². The Bertz CT molecular complexity index is 270. The van der Waals surface area contributed by atoms with Crippen LogP contribution in [0.1, 0.15) is 34.4 Å². The third-order valence-corrected chi connectivity index (χ3v) is 2.56. The molecule has 0 aliphatic carbocycles. The lowest BCUT2D eigenvalue weighted by Gasteiger charge is -1.90. The first-order chi connectivity index (χ1) is 5.74. The van der Waals surface area contributed by atoms with Crippen LogP contribution in [0.2, 0.25) is 0 Å². The van der Waals surface area contributed by atoms with Gasteiger partial charge in [-0.25, -0.2) is 9.78 Å². The fourth-order valence-corrected chi connectivity index (χ4v) is 1.67. The number of carboxylic acids is 1. The second-order valence-corrected chi connectivity index (χ2v) is 3.66. The van der Waals surface area contributed by atoms with Gasteiger partial charge in [0.2, 0.25) is 5.01 Å². The quantitative estimate of drug-likeness (QED) is 0.782. The maximum absolute atomic E-state index is 10.4. The summed E-state index contributed by atoms with van der Waals surface area (Å²) >= 11 is 1.27. The van der Waals surface area contributed by atoms with E-state index in [0.717, 1.165) is 24.1 Å². The molecule has 4 heteroatoms. The second-order valence-electron chi connectivity index (χ2n) is 2.54. The largest absolute Gasteiger partial charge is 0.476 e. The predicted molar refractivity (Wildman–Crippen MR) is 47.7 cm³/mol. The zero-order valence-corrected chi connectivity index (χ0v) is 7.73. The maximum atomic E-state index is 10.4. The molecule has 0 amide bonds. The molecule has 0 saturated heterocycles. The molecule has 1 aromatic heterocycles. The van der Waals surface area contributed by atoms with Crippen LogP contribution < -0.4 is 0 Å². The Balaban J connectivity index is 2.58. The van der Waals surface area contributed by atoms with Crippen molar-refractivity contribution in [3.8, 4) is 0 Å². The van der Waals surface area contributed by atoms with Gasteiger partial charge < -0.3 is 5.11 Å². The van der Waals surface area contributed by atoms with E-state index >= 15 is 0 Å². The van der Waals surface area contributed by atoms with Gasteiger partial charge >= 0.3 is 5.97 Å². The van der Waals surface area contributed by atoms with Gasteiger partial charge in [-0.2, -0.15) is 0 Å². The van der Waals surface area contributed by atoms with Gasteiger partial charge in [0.15, 0.2) is 0 Å². The first kappa shape index (κ1) is 9.19. The highest BCUT2D eigenvalue weighted by Crippen LogP contribution is 2.14. The highest BCUT2D eigenvalue weighted by molar-refractivity contribution is 7.13. The maximum Gasteiger partial charge on any atom is 0.365 e. The van der Waals surface area contributed by atoms with Crippen LogP contribution in [0.4, 0.5) is 0 Å². The summed E-state index contributed by atoms with van der Waals surface area (Å²) in [7, 11) is 0. The number of thiazole rings is 1. The minimum Gasteiger partial charge on any atom is -0.476 e. The molecule has 12 heavy (non-hydrogen) atoms. The monoisotopic (exact) mass is 185 g/mol. The first-order valence-corrected chi connectivity index (χ1v) is 4.73. The standard InChI is InChI=1S/C8H11NO2S/c1-2-3-4-6-5-9-7(12-6)8(10)11/h5H,2-4H2,1H3,(H,10,11). The van der Waals surface area contributed by atoms with Crippen molar-refractivity contribution in [3.05, 3.63) is 16.1 Å². The first-order valence-electron chi connectivity index (χ1n) is 3.92. The number of aromatic nitrogens is 1. The van der Waals surface area contributed by atoms with Crippen LogP contribution in [-0.4, -0.2) is 16.1 Å². The summed E-state index contributed by atoms with van der Waals surface area (Å²) in [4.78, 5) is 15.3. The molecule has 0 fully saturated rings. The molecule has 0 aliphatic rings. The number of hydrogen-bond donors (Lipinski definition) is 1. The zero-order chi connectivity index (χ0) is 8.97. The Morgan fingerprint density at radius 3 is 3.00 bits per heavy atom. The summed E-state index contributed by atoms with van der Waals surface area (Å²) in [6.45, 7) is 2.11. The molecule has 0 aromatic carbocycles. The Hall–Kier alpha value is -0.900. The van der Waals surface area contributed by atoms with Gasteiger partial charge in [-0.3, -0.25) is 0 Å². The Morgan fingerprint density at radius 1 is 1.75 bits per heavy atom. The molecule has 1 N–H and O–H groups in total. The average Bonchev–Trinajstić information content (AvgIpc) is 2.48. The van der Waals surface area contributed by atoms with Crippen molar-refractivity contribution >= 4 is 17.3 Å². The summed E-state index contributed by atoms with van der Waals surface area (Å²) in [5.74, 6) is -0.928. The second kappa shape index (κ2) is 4.21. The fourth-order valence-electron chi connectivity index (χ4n) is 0.873. The Kier molecular flexibility index (Phi) is 3.22. The molecule has 3 nitrogen and oxygen atoms in total. The van der Waals surface area contributed by atoms with Gasteiger partial charge in [0.05, 0.1) is 0 Å². The molecule has 0 saturated carbocycles. The molecule has 1 heterocycles. The average molecular weight is 185 g/mol. The van der Waals surface area contributed by atoms with Gasteiger partial charge in [-0.05, 0) is 12.8 Å². The van der Waals surface area contributed by atoms with Gasteiger partial charge in [0.25, 0.3) is 0 Å². The van der Waals surface area contributed by atoms with E-state index in [0.29, 0.717) is 0 Å². The number of unbranched alkanes of at least 4 members (excludes halogenated alkanes) is 1.